The van der Waals surface area contributed by atoms with E-state index in [-0.39, 0.29) is 36.6 Å². The summed E-state index contributed by atoms with van der Waals surface area (Å²) < 4.78 is 39.8. The number of aliphatic hydroxyl groups is 1. The lowest BCUT2D eigenvalue weighted by Crippen LogP contribution is -2.35. The summed E-state index contributed by atoms with van der Waals surface area (Å²) in [5.41, 5.74) is 2.80. The van der Waals surface area contributed by atoms with Crippen molar-refractivity contribution >= 4 is 20.9 Å². The van der Waals surface area contributed by atoms with Gasteiger partial charge in [-0.15, -0.1) is 0 Å². The van der Waals surface area contributed by atoms with Crippen LogP contribution in [0.4, 0.5) is 0 Å². The molecule has 0 saturated heterocycles. The maximum Gasteiger partial charge on any atom is 0.252 e. The Hall–Kier alpha value is -2.88. The van der Waals surface area contributed by atoms with Crippen LogP contribution in [-0.2, 0) is 16.6 Å². The van der Waals surface area contributed by atoms with Gasteiger partial charge in [-0.2, -0.15) is 4.31 Å². The Balaban J connectivity index is 1.76. The largest absolute Gasteiger partial charge is 0.486 e. The SMILES string of the molecule is Cc1cc(C)c(S(=O)(=O)N(CCCO)Cc2cc3cc4c(cc3[nH]c2=O)OCCO4)c(C)c1. The average molecular weight is 473 g/mol. The second-order valence-electron chi connectivity index (χ2n) is 8.35. The Morgan fingerprint density at radius 1 is 1.00 bits per heavy atom. The molecule has 3 aromatic rings. The van der Waals surface area contributed by atoms with Gasteiger partial charge in [-0.3, -0.25) is 4.79 Å². The molecule has 0 atom stereocenters. The van der Waals surface area contributed by atoms with E-state index in [0.29, 0.717) is 46.9 Å². The van der Waals surface area contributed by atoms with Crippen molar-refractivity contribution in [3.63, 3.8) is 0 Å². The van der Waals surface area contributed by atoms with E-state index >= 15 is 0 Å². The Morgan fingerprint density at radius 2 is 1.64 bits per heavy atom. The van der Waals surface area contributed by atoms with Crippen molar-refractivity contribution in [3.8, 4) is 11.5 Å². The molecule has 0 radical (unpaired) electrons. The minimum atomic E-state index is -3.91. The molecular formula is C24H28N2O6S. The van der Waals surface area contributed by atoms with Crippen LogP contribution in [-0.4, -0.2) is 49.2 Å². The second-order valence-corrected chi connectivity index (χ2v) is 10.2. The molecule has 0 fully saturated rings. The first-order valence-corrected chi connectivity index (χ1v) is 12.3. The minimum absolute atomic E-state index is 0.0875. The molecule has 0 amide bonds. The summed E-state index contributed by atoms with van der Waals surface area (Å²) in [6.45, 7) is 6.15. The fourth-order valence-corrected chi connectivity index (χ4v) is 6.20. The summed E-state index contributed by atoms with van der Waals surface area (Å²) >= 11 is 0. The second kappa shape index (κ2) is 9.17. The van der Waals surface area contributed by atoms with E-state index < -0.39 is 10.0 Å². The van der Waals surface area contributed by atoms with E-state index in [1.165, 1.54) is 4.31 Å². The van der Waals surface area contributed by atoms with Gasteiger partial charge in [0.25, 0.3) is 5.56 Å². The minimum Gasteiger partial charge on any atom is -0.486 e. The van der Waals surface area contributed by atoms with Crippen LogP contribution in [0.15, 0.2) is 40.0 Å². The van der Waals surface area contributed by atoms with Crippen LogP contribution in [0.25, 0.3) is 10.9 Å². The summed E-state index contributed by atoms with van der Waals surface area (Å²) in [6, 6.07) is 8.84. The van der Waals surface area contributed by atoms with E-state index in [4.69, 9.17) is 9.47 Å². The van der Waals surface area contributed by atoms with Gasteiger partial charge in [0.05, 0.1) is 10.4 Å². The highest BCUT2D eigenvalue weighted by molar-refractivity contribution is 7.89. The third-order valence-corrected chi connectivity index (χ3v) is 7.85. The maximum atomic E-state index is 13.7. The molecule has 2 heterocycles. The molecule has 8 nitrogen and oxygen atoms in total. The van der Waals surface area contributed by atoms with E-state index in [1.807, 2.05) is 19.1 Å². The van der Waals surface area contributed by atoms with Crippen LogP contribution >= 0.6 is 0 Å². The summed E-state index contributed by atoms with van der Waals surface area (Å²) in [4.78, 5) is 15.9. The van der Waals surface area contributed by atoms with Gasteiger partial charge in [-0.1, -0.05) is 17.7 Å². The number of nitrogens with zero attached hydrogens (tertiary/aromatic N) is 1. The van der Waals surface area contributed by atoms with Gasteiger partial charge in [-0.05, 0) is 50.5 Å². The molecule has 0 unspecified atom stereocenters. The Kier molecular flexibility index (Phi) is 6.47. The number of hydrogen-bond acceptors (Lipinski definition) is 6. The van der Waals surface area contributed by atoms with Crippen LogP contribution < -0.4 is 15.0 Å². The van der Waals surface area contributed by atoms with Gasteiger partial charge in [0.15, 0.2) is 11.5 Å². The highest BCUT2D eigenvalue weighted by atomic mass is 32.2. The van der Waals surface area contributed by atoms with Crippen LogP contribution in [0, 0.1) is 20.8 Å². The molecule has 0 aliphatic carbocycles. The summed E-state index contributed by atoms with van der Waals surface area (Å²) in [7, 11) is -3.91. The van der Waals surface area contributed by atoms with Crippen LogP contribution in [0.5, 0.6) is 11.5 Å². The summed E-state index contributed by atoms with van der Waals surface area (Å²) in [5.74, 6) is 1.15. The molecule has 0 bridgehead atoms. The molecular weight excluding hydrogens is 444 g/mol. The molecule has 9 heteroatoms. The molecule has 1 aliphatic rings. The van der Waals surface area contributed by atoms with Crippen molar-refractivity contribution in [2.75, 3.05) is 26.4 Å². The molecule has 33 heavy (non-hydrogen) atoms. The number of pyridine rings is 1. The fraction of sp³-hybridized carbons (Fsp3) is 0.375. The Bertz CT molecular complexity index is 1340. The normalized spacial score (nSPS) is 13.6. The van der Waals surface area contributed by atoms with Crippen molar-refractivity contribution < 1.29 is 23.0 Å². The monoisotopic (exact) mass is 472 g/mol. The van der Waals surface area contributed by atoms with Crippen molar-refractivity contribution in [1.82, 2.24) is 9.29 Å². The van der Waals surface area contributed by atoms with Crippen molar-refractivity contribution in [2.45, 2.75) is 38.6 Å². The lowest BCUT2D eigenvalue weighted by Gasteiger charge is -2.24. The molecule has 1 aromatic heterocycles. The van der Waals surface area contributed by atoms with E-state index in [0.717, 1.165) is 10.9 Å². The van der Waals surface area contributed by atoms with Crippen LogP contribution in [0.3, 0.4) is 0 Å². The number of nitrogens with one attached hydrogen (secondary N) is 1. The zero-order valence-electron chi connectivity index (χ0n) is 19.0. The predicted octanol–water partition coefficient (Wildman–Crippen LogP) is 2.80. The maximum absolute atomic E-state index is 13.7. The standard InChI is InChI=1S/C24H28N2O6S/c1-15-9-16(2)23(17(3)10-15)33(29,30)26(5-4-6-27)14-19-11-18-12-21-22(32-8-7-31-21)13-20(18)25-24(19)28/h9-13,27H,4-8,14H2,1-3H3,(H,25,28). The number of rotatable bonds is 7. The third-order valence-electron chi connectivity index (χ3n) is 5.70. The van der Waals surface area contributed by atoms with Gasteiger partial charge in [0.1, 0.15) is 13.2 Å². The van der Waals surface area contributed by atoms with Gasteiger partial charge >= 0.3 is 0 Å². The number of aliphatic hydroxyl groups excluding tert-OH is 1. The number of benzene rings is 2. The van der Waals surface area contributed by atoms with E-state index in [2.05, 4.69) is 4.98 Å². The quantitative estimate of drug-likeness (QED) is 0.547. The molecule has 0 spiro atoms. The number of aromatic nitrogens is 1. The number of hydrogen-bond donors (Lipinski definition) is 2. The Labute approximate surface area is 192 Å². The van der Waals surface area contributed by atoms with Crippen molar-refractivity contribution in [3.05, 3.63) is 62.9 Å². The van der Waals surface area contributed by atoms with Gasteiger partial charge in [0, 0.05) is 36.7 Å². The predicted molar refractivity (Wildman–Crippen MR) is 126 cm³/mol. The molecule has 0 saturated carbocycles. The first-order chi connectivity index (χ1) is 15.7. The highest BCUT2D eigenvalue weighted by Gasteiger charge is 2.28. The summed E-state index contributed by atoms with van der Waals surface area (Å²) in [5, 5.41) is 10.1. The number of aryl methyl sites for hydroxylation is 3. The lowest BCUT2D eigenvalue weighted by molar-refractivity contribution is 0.172. The van der Waals surface area contributed by atoms with E-state index in [9.17, 15) is 18.3 Å². The molecule has 4 rings (SSSR count). The smallest absolute Gasteiger partial charge is 0.252 e. The lowest BCUT2D eigenvalue weighted by atomic mass is 10.1. The number of ether oxygens (including phenoxy) is 2. The van der Waals surface area contributed by atoms with Crippen LogP contribution in [0.1, 0.15) is 28.7 Å². The zero-order chi connectivity index (χ0) is 23.8. The van der Waals surface area contributed by atoms with Gasteiger partial charge in [0.2, 0.25) is 10.0 Å². The molecule has 2 N–H and O–H groups in total. The van der Waals surface area contributed by atoms with Crippen molar-refractivity contribution in [1.29, 1.82) is 0 Å². The summed E-state index contributed by atoms with van der Waals surface area (Å²) in [6.07, 6.45) is 0.257. The number of sulfonamides is 1. The third kappa shape index (κ3) is 4.62. The Morgan fingerprint density at radius 3 is 2.27 bits per heavy atom. The first-order valence-electron chi connectivity index (χ1n) is 10.8. The van der Waals surface area contributed by atoms with Gasteiger partial charge in [-0.25, -0.2) is 8.42 Å². The van der Waals surface area contributed by atoms with E-state index in [1.54, 1.807) is 32.0 Å². The first kappa shape index (κ1) is 23.3. The number of fused-ring (bicyclic) bond motifs is 2. The fourth-order valence-electron chi connectivity index (χ4n) is 4.33. The van der Waals surface area contributed by atoms with Crippen LogP contribution in [0.2, 0.25) is 0 Å². The molecule has 2 aromatic carbocycles. The number of aromatic amines is 1. The highest BCUT2D eigenvalue weighted by Crippen LogP contribution is 2.34. The number of H-pyrrole nitrogens is 1. The molecule has 176 valence electrons. The average Bonchev–Trinajstić information content (AvgIpc) is 2.74. The topological polar surface area (TPSA) is 109 Å². The molecule has 1 aliphatic heterocycles. The van der Waals surface area contributed by atoms with Crippen molar-refractivity contribution in [2.24, 2.45) is 0 Å². The zero-order valence-corrected chi connectivity index (χ0v) is 19.8. The van der Waals surface area contributed by atoms with Gasteiger partial charge < -0.3 is 19.6 Å².